The minimum absolute atomic E-state index is 0.0351. The molecule has 0 unspecified atom stereocenters. The summed E-state index contributed by atoms with van der Waals surface area (Å²) < 4.78 is 5.03. The first-order valence-corrected chi connectivity index (χ1v) is 8.97. The van der Waals surface area contributed by atoms with Crippen molar-refractivity contribution in [2.24, 2.45) is 0 Å². The van der Waals surface area contributed by atoms with Crippen molar-refractivity contribution in [3.63, 3.8) is 0 Å². The molecule has 1 aliphatic heterocycles. The molecule has 0 radical (unpaired) electrons. The summed E-state index contributed by atoms with van der Waals surface area (Å²) in [5, 5.41) is 11.7. The van der Waals surface area contributed by atoms with Gasteiger partial charge in [-0.1, -0.05) is 6.07 Å². The number of phenols is 1. The Morgan fingerprint density at radius 1 is 1.25 bits per heavy atom. The fourth-order valence-corrected chi connectivity index (χ4v) is 3.32. The summed E-state index contributed by atoms with van der Waals surface area (Å²) in [6, 6.07) is 11.1. The minimum atomic E-state index is -0.561. The molecule has 0 spiro atoms. The first kappa shape index (κ1) is 19.3. The molecule has 1 saturated heterocycles. The molecule has 0 aliphatic carbocycles. The molecule has 144 valence electrons. The highest BCUT2D eigenvalue weighted by Gasteiger charge is 2.36. The summed E-state index contributed by atoms with van der Waals surface area (Å²) >= 11 is 0.743. The lowest BCUT2D eigenvalue weighted by atomic mass is 10.2. The van der Waals surface area contributed by atoms with E-state index in [1.165, 1.54) is 25.3 Å². The van der Waals surface area contributed by atoms with Crippen LogP contribution in [0.1, 0.15) is 5.56 Å². The van der Waals surface area contributed by atoms with Crippen molar-refractivity contribution >= 4 is 46.3 Å². The lowest BCUT2D eigenvalue weighted by molar-refractivity contribution is -0.127. The molecule has 1 fully saturated rings. The number of hydrogen-bond acceptors (Lipinski definition) is 7. The Morgan fingerprint density at radius 2 is 1.96 bits per heavy atom. The standard InChI is InChI=1S/C19H17N3O5S/c1-27-15-8-11(2-7-14(15)23)9-16-18(25)22(19(26)28-16)10-17(24)21-13-5-3-12(20)4-6-13/h2-9,23H,10,20H2,1H3,(H,21,24)/b16-9-. The largest absolute Gasteiger partial charge is 0.504 e. The lowest BCUT2D eigenvalue weighted by Gasteiger charge is -2.12. The third kappa shape index (κ3) is 4.26. The van der Waals surface area contributed by atoms with E-state index < -0.39 is 23.6 Å². The third-order valence-electron chi connectivity index (χ3n) is 3.87. The van der Waals surface area contributed by atoms with Gasteiger partial charge in [0.25, 0.3) is 11.1 Å². The number of imide groups is 1. The third-order valence-corrected chi connectivity index (χ3v) is 4.78. The molecule has 3 rings (SSSR count). The van der Waals surface area contributed by atoms with E-state index in [9.17, 15) is 19.5 Å². The van der Waals surface area contributed by atoms with Crippen molar-refractivity contribution in [2.45, 2.75) is 0 Å². The van der Waals surface area contributed by atoms with Crippen LogP contribution in [0, 0.1) is 0 Å². The number of carbonyl (C=O) groups is 3. The molecule has 2 aromatic carbocycles. The van der Waals surface area contributed by atoms with Gasteiger partial charge in [0.05, 0.1) is 12.0 Å². The maximum absolute atomic E-state index is 12.5. The predicted octanol–water partition coefficient (Wildman–Crippen LogP) is 2.66. The number of anilines is 2. The second kappa shape index (κ2) is 8.05. The number of nitrogens with zero attached hydrogens (tertiary/aromatic N) is 1. The SMILES string of the molecule is COc1cc(/C=C2\SC(=O)N(CC(=O)Nc3ccc(N)cc3)C2=O)ccc1O. The maximum Gasteiger partial charge on any atom is 0.294 e. The second-order valence-electron chi connectivity index (χ2n) is 5.87. The smallest absolute Gasteiger partial charge is 0.294 e. The molecule has 8 nitrogen and oxygen atoms in total. The van der Waals surface area contributed by atoms with E-state index in [1.54, 1.807) is 30.3 Å². The van der Waals surface area contributed by atoms with Gasteiger partial charge in [0.2, 0.25) is 5.91 Å². The Hall–Kier alpha value is -3.46. The maximum atomic E-state index is 12.5. The molecule has 0 bridgehead atoms. The predicted molar refractivity (Wildman–Crippen MR) is 107 cm³/mol. The number of thioether (sulfide) groups is 1. The van der Waals surface area contributed by atoms with Crippen LogP contribution in [0.4, 0.5) is 16.2 Å². The molecule has 0 aromatic heterocycles. The van der Waals surface area contributed by atoms with E-state index in [1.807, 2.05) is 0 Å². The van der Waals surface area contributed by atoms with Crippen molar-refractivity contribution in [3.05, 3.63) is 52.9 Å². The Kier molecular flexibility index (Phi) is 5.55. The lowest BCUT2D eigenvalue weighted by Crippen LogP contribution is -2.36. The molecule has 3 amide bonds. The van der Waals surface area contributed by atoms with E-state index in [0.717, 1.165) is 16.7 Å². The molecule has 9 heteroatoms. The van der Waals surface area contributed by atoms with Crippen LogP contribution < -0.4 is 15.8 Å². The quantitative estimate of drug-likeness (QED) is 0.522. The zero-order valence-electron chi connectivity index (χ0n) is 14.8. The van der Waals surface area contributed by atoms with Crippen molar-refractivity contribution in [2.75, 3.05) is 24.7 Å². The van der Waals surface area contributed by atoms with Crippen LogP contribution in [-0.4, -0.2) is 40.7 Å². The molecule has 2 aromatic rings. The van der Waals surface area contributed by atoms with Gasteiger partial charge in [-0.25, -0.2) is 0 Å². The van der Waals surface area contributed by atoms with E-state index in [-0.39, 0.29) is 16.4 Å². The number of nitrogens with two attached hydrogens (primary N) is 1. The van der Waals surface area contributed by atoms with Gasteiger partial charge in [0.1, 0.15) is 6.54 Å². The Morgan fingerprint density at radius 3 is 2.64 bits per heavy atom. The van der Waals surface area contributed by atoms with Gasteiger partial charge in [-0.3, -0.25) is 19.3 Å². The molecular formula is C19H17N3O5S. The molecule has 28 heavy (non-hydrogen) atoms. The number of benzene rings is 2. The average molecular weight is 399 g/mol. The van der Waals surface area contributed by atoms with Crippen LogP contribution in [-0.2, 0) is 9.59 Å². The summed E-state index contributed by atoms with van der Waals surface area (Å²) in [5.74, 6) is -0.850. The summed E-state index contributed by atoms with van der Waals surface area (Å²) in [6.07, 6.45) is 1.50. The summed E-state index contributed by atoms with van der Waals surface area (Å²) in [7, 11) is 1.41. The minimum Gasteiger partial charge on any atom is -0.504 e. The molecule has 1 heterocycles. The topological polar surface area (TPSA) is 122 Å². The number of phenolic OH excluding ortho intramolecular Hbond substituents is 1. The van der Waals surface area contributed by atoms with Crippen molar-refractivity contribution in [1.82, 2.24) is 4.90 Å². The Labute approximate surface area is 165 Å². The summed E-state index contributed by atoms with van der Waals surface area (Å²) in [5.41, 5.74) is 7.23. The average Bonchev–Trinajstić information content (AvgIpc) is 2.92. The van der Waals surface area contributed by atoms with Crippen LogP contribution in [0.15, 0.2) is 47.4 Å². The van der Waals surface area contributed by atoms with Crippen LogP contribution in [0.2, 0.25) is 0 Å². The number of nitrogen functional groups attached to an aromatic ring is 1. The van der Waals surface area contributed by atoms with E-state index in [2.05, 4.69) is 5.32 Å². The van der Waals surface area contributed by atoms with Crippen LogP contribution in [0.3, 0.4) is 0 Å². The Bertz CT molecular complexity index is 972. The van der Waals surface area contributed by atoms with Gasteiger partial charge < -0.3 is 20.9 Å². The number of methoxy groups -OCH3 is 1. The highest BCUT2D eigenvalue weighted by Crippen LogP contribution is 2.34. The Balaban J connectivity index is 1.70. The number of hydrogen-bond donors (Lipinski definition) is 3. The molecule has 1 aliphatic rings. The number of carbonyl (C=O) groups excluding carboxylic acids is 3. The molecule has 0 saturated carbocycles. The first-order chi connectivity index (χ1) is 13.4. The zero-order valence-corrected chi connectivity index (χ0v) is 15.7. The normalized spacial score (nSPS) is 15.2. The number of aromatic hydroxyl groups is 1. The highest BCUT2D eigenvalue weighted by molar-refractivity contribution is 8.18. The molecule has 4 N–H and O–H groups in total. The summed E-state index contributed by atoms with van der Waals surface area (Å²) in [4.78, 5) is 37.9. The van der Waals surface area contributed by atoms with E-state index >= 15 is 0 Å². The zero-order chi connectivity index (χ0) is 20.3. The molecule has 0 atom stereocenters. The van der Waals surface area contributed by atoms with Gasteiger partial charge in [0.15, 0.2) is 11.5 Å². The van der Waals surface area contributed by atoms with Crippen LogP contribution in [0.5, 0.6) is 11.5 Å². The van der Waals surface area contributed by atoms with Gasteiger partial charge in [-0.2, -0.15) is 0 Å². The fourth-order valence-electron chi connectivity index (χ4n) is 2.48. The number of ether oxygens (including phenoxy) is 1. The monoisotopic (exact) mass is 399 g/mol. The highest BCUT2D eigenvalue weighted by atomic mass is 32.2. The van der Waals surface area contributed by atoms with E-state index in [0.29, 0.717) is 16.9 Å². The fraction of sp³-hybridized carbons (Fsp3) is 0.105. The van der Waals surface area contributed by atoms with Gasteiger partial charge >= 0.3 is 0 Å². The van der Waals surface area contributed by atoms with Crippen LogP contribution >= 0.6 is 11.8 Å². The van der Waals surface area contributed by atoms with Crippen molar-refractivity contribution in [3.8, 4) is 11.5 Å². The number of nitrogens with one attached hydrogen (secondary N) is 1. The van der Waals surface area contributed by atoms with Gasteiger partial charge in [-0.05, 0) is 59.8 Å². The van der Waals surface area contributed by atoms with Gasteiger partial charge in [-0.15, -0.1) is 0 Å². The first-order valence-electron chi connectivity index (χ1n) is 8.15. The van der Waals surface area contributed by atoms with Crippen molar-refractivity contribution in [1.29, 1.82) is 0 Å². The number of amides is 3. The van der Waals surface area contributed by atoms with E-state index in [4.69, 9.17) is 10.5 Å². The van der Waals surface area contributed by atoms with Gasteiger partial charge in [0, 0.05) is 11.4 Å². The number of rotatable bonds is 5. The van der Waals surface area contributed by atoms with Crippen molar-refractivity contribution < 1.29 is 24.2 Å². The summed E-state index contributed by atoms with van der Waals surface area (Å²) in [6.45, 7) is -0.398. The second-order valence-corrected chi connectivity index (χ2v) is 6.86. The van der Waals surface area contributed by atoms with Crippen LogP contribution in [0.25, 0.3) is 6.08 Å². The molecular weight excluding hydrogens is 382 g/mol.